The number of amides is 2. The second-order valence-electron chi connectivity index (χ2n) is 4.45. The summed E-state index contributed by atoms with van der Waals surface area (Å²) in [7, 11) is -3.07. The van der Waals surface area contributed by atoms with Crippen LogP contribution in [-0.4, -0.2) is 32.0 Å². The molecule has 0 bridgehead atoms. The lowest BCUT2D eigenvalue weighted by Crippen LogP contribution is -2.38. The number of carbonyl (C=O) groups excluding carboxylic acids is 1. The number of halogens is 3. The van der Waals surface area contributed by atoms with Gasteiger partial charge in [-0.1, -0.05) is 23.2 Å². The summed E-state index contributed by atoms with van der Waals surface area (Å²) < 4.78 is 35.7. The fourth-order valence-corrected chi connectivity index (χ4v) is 4.05. The number of carbonyl (C=O) groups is 1. The average Bonchev–Trinajstić information content (AvgIpc) is 2.65. The van der Waals surface area contributed by atoms with Gasteiger partial charge in [0.2, 0.25) is 0 Å². The Labute approximate surface area is 125 Å². The zero-order chi connectivity index (χ0) is 14.9. The Kier molecular flexibility index (Phi) is 4.41. The van der Waals surface area contributed by atoms with E-state index in [0.717, 1.165) is 0 Å². The van der Waals surface area contributed by atoms with Crippen molar-refractivity contribution in [2.75, 3.05) is 16.8 Å². The van der Waals surface area contributed by atoms with E-state index in [-0.39, 0.29) is 27.2 Å². The molecule has 0 radical (unpaired) electrons. The summed E-state index contributed by atoms with van der Waals surface area (Å²) in [5, 5.41) is 4.53. The molecule has 2 N–H and O–H groups in total. The molecular weight excluding hydrogens is 330 g/mol. The zero-order valence-electron chi connectivity index (χ0n) is 10.1. The molecule has 1 aromatic rings. The third-order valence-corrected chi connectivity index (χ3v) is 5.13. The topological polar surface area (TPSA) is 75.3 Å². The molecule has 20 heavy (non-hydrogen) atoms. The number of anilines is 1. The second kappa shape index (κ2) is 5.75. The van der Waals surface area contributed by atoms with Crippen molar-refractivity contribution in [2.45, 2.75) is 12.5 Å². The van der Waals surface area contributed by atoms with Crippen LogP contribution >= 0.6 is 23.2 Å². The molecule has 0 saturated carbocycles. The summed E-state index contributed by atoms with van der Waals surface area (Å²) in [5.74, 6) is -0.779. The number of benzene rings is 1. The van der Waals surface area contributed by atoms with Crippen molar-refractivity contribution >= 4 is 44.8 Å². The van der Waals surface area contributed by atoms with Crippen LogP contribution in [0, 0.1) is 5.82 Å². The van der Waals surface area contributed by atoms with E-state index in [1.54, 1.807) is 0 Å². The first-order chi connectivity index (χ1) is 9.27. The number of urea groups is 1. The van der Waals surface area contributed by atoms with E-state index in [1.807, 2.05) is 0 Å². The maximum Gasteiger partial charge on any atom is 0.319 e. The van der Waals surface area contributed by atoms with Crippen molar-refractivity contribution in [3.8, 4) is 0 Å². The van der Waals surface area contributed by atoms with Gasteiger partial charge in [0.05, 0.1) is 21.6 Å². The van der Waals surface area contributed by atoms with E-state index in [9.17, 15) is 17.6 Å². The third-order valence-electron chi connectivity index (χ3n) is 2.81. The highest BCUT2D eigenvalue weighted by Gasteiger charge is 2.28. The van der Waals surface area contributed by atoms with Crippen molar-refractivity contribution < 1.29 is 17.6 Å². The van der Waals surface area contributed by atoms with Crippen LogP contribution in [0.2, 0.25) is 10.0 Å². The summed E-state index contributed by atoms with van der Waals surface area (Å²) in [6, 6.07) is 1.42. The number of nitrogens with one attached hydrogen (secondary N) is 2. The molecule has 1 aliphatic heterocycles. The average molecular weight is 341 g/mol. The molecule has 1 fully saturated rings. The number of hydrogen-bond donors (Lipinski definition) is 2. The Hall–Kier alpha value is -1.05. The Bertz CT molecular complexity index is 628. The van der Waals surface area contributed by atoms with Gasteiger partial charge in [-0.25, -0.2) is 17.6 Å². The first-order valence-corrected chi connectivity index (χ1v) is 8.27. The van der Waals surface area contributed by atoms with E-state index in [4.69, 9.17) is 23.2 Å². The fraction of sp³-hybridized carbons (Fsp3) is 0.364. The molecule has 1 heterocycles. The third kappa shape index (κ3) is 3.74. The normalized spacial score (nSPS) is 20.6. The molecule has 1 saturated heterocycles. The Morgan fingerprint density at radius 2 is 1.90 bits per heavy atom. The maximum atomic E-state index is 13.2. The lowest BCUT2D eigenvalue weighted by molar-refractivity contribution is 0.249. The quantitative estimate of drug-likeness (QED) is 0.812. The maximum absolute atomic E-state index is 13.2. The standard InChI is InChI=1S/C11H11Cl2FN2O3S/c12-8-3-7(4-9(13)10(8)14)16-11(17)15-6-1-2-20(18,19)5-6/h3-4,6H,1-2,5H2,(H2,15,16,17)/t6-/m0/s1. The minimum absolute atomic E-state index is 0.0617. The van der Waals surface area contributed by atoms with Gasteiger partial charge in [0.1, 0.15) is 0 Å². The van der Waals surface area contributed by atoms with Crippen molar-refractivity contribution in [1.29, 1.82) is 0 Å². The highest BCUT2D eigenvalue weighted by atomic mass is 35.5. The predicted octanol–water partition coefficient (Wildman–Crippen LogP) is 2.44. The molecule has 5 nitrogen and oxygen atoms in total. The van der Waals surface area contributed by atoms with Gasteiger partial charge < -0.3 is 10.6 Å². The molecule has 1 atom stereocenters. The van der Waals surface area contributed by atoms with Crippen LogP contribution in [0.5, 0.6) is 0 Å². The number of rotatable bonds is 2. The summed E-state index contributed by atoms with van der Waals surface area (Å²) in [6.07, 6.45) is 0.376. The minimum Gasteiger partial charge on any atom is -0.334 e. The van der Waals surface area contributed by atoms with Gasteiger partial charge in [-0.05, 0) is 18.6 Å². The minimum atomic E-state index is -3.07. The molecule has 0 unspecified atom stereocenters. The lowest BCUT2D eigenvalue weighted by atomic mass is 10.3. The first kappa shape index (κ1) is 15.3. The summed E-state index contributed by atoms with van der Waals surface area (Å²) in [4.78, 5) is 11.7. The SMILES string of the molecule is O=C(Nc1cc(Cl)c(F)c(Cl)c1)N[C@H]1CCS(=O)(=O)C1. The molecule has 1 aliphatic rings. The van der Waals surface area contributed by atoms with E-state index in [2.05, 4.69) is 10.6 Å². The molecule has 0 spiro atoms. The van der Waals surface area contributed by atoms with Crippen LogP contribution in [0.1, 0.15) is 6.42 Å². The van der Waals surface area contributed by atoms with Crippen molar-refractivity contribution in [1.82, 2.24) is 5.32 Å². The lowest BCUT2D eigenvalue weighted by Gasteiger charge is -2.12. The van der Waals surface area contributed by atoms with Gasteiger partial charge in [-0.15, -0.1) is 0 Å². The smallest absolute Gasteiger partial charge is 0.319 e. The van der Waals surface area contributed by atoms with Gasteiger partial charge in [0.25, 0.3) is 0 Å². The molecule has 2 amide bonds. The van der Waals surface area contributed by atoms with Crippen LogP contribution in [-0.2, 0) is 9.84 Å². The molecule has 110 valence electrons. The zero-order valence-corrected chi connectivity index (χ0v) is 12.4. The summed E-state index contributed by atoms with van der Waals surface area (Å²) in [6.45, 7) is 0. The molecule has 9 heteroatoms. The van der Waals surface area contributed by atoms with Crippen LogP contribution in [0.15, 0.2) is 12.1 Å². The van der Waals surface area contributed by atoms with Crippen molar-refractivity contribution in [2.24, 2.45) is 0 Å². The van der Waals surface area contributed by atoms with Crippen molar-refractivity contribution in [3.63, 3.8) is 0 Å². The highest BCUT2D eigenvalue weighted by molar-refractivity contribution is 7.91. The van der Waals surface area contributed by atoms with Gasteiger partial charge in [-0.2, -0.15) is 0 Å². The molecule has 2 rings (SSSR count). The summed E-state index contributed by atoms with van der Waals surface area (Å²) >= 11 is 11.2. The summed E-state index contributed by atoms with van der Waals surface area (Å²) in [5.41, 5.74) is 0.222. The number of sulfone groups is 1. The Balaban J connectivity index is 1.99. The number of hydrogen-bond acceptors (Lipinski definition) is 3. The molecular formula is C11H11Cl2FN2O3S. The van der Waals surface area contributed by atoms with Gasteiger partial charge in [0, 0.05) is 11.7 Å². The highest BCUT2D eigenvalue weighted by Crippen LogP contribution is 2.27. The van der Waals surface area contributed by atoms with Crippen LogP contribution in [0.4, 0.5) is 14.9 Å². The van der Waals surface area contributed by atoms with E-state index in [1.165, 1.54) is 12.1 Å². The molecule has 0 aromatic heterocycles. The van der Waals surface area contributed by atoms with Crippen molar-refractivity contribution in [3.05, 3.63) is 28.0 Å². The van der Waals surface area contributed by atoms with E-state index < -0.39 is 27.7 Å². The molecule has 0 aliphatic carbocycles. The van der Waals surface area contributed by atoms with Gasteiger partial charge in [-0.3, -0.25) is 0 Å². The second-order valence-corrected chi connectivity index (χ2v) is 7.50. The Morgan fingerprint density at radius 1 is 1.30 bits per heavy atom. The van der Waals surface area contributed by atoms with E-state index >= 15 is 0 Å². The largest absolute Gasteiger partial charge is 0.334 e. The predicted molar refractivity (Wildman–Crippen MR) is 75.6 cm³/mol. The Morgan fingerprint density at radius 3 is 2.40 bits per heavy atom. The van der Waals surface area contributed by atoms with Crippen LogP contribution in [0.25, 0.3) is 0 Å². The monoisotopic (exact) mass is 340 g/mol. The van der Waals surface area contributed by atoms with Gasteiger partial charge >= 0.3 is 6.03 Å². The van der Waals surface area contributed by atoms with Crippen LogP contribution < -0.4 is 10.6 Å². The van der Waals surface area contributed by atoms with E-state index in [0.29, 0.717) is 6.42 Å². The van der Waals surface area contributed by atoms with Crippen LogP contribution in [0.3, 0.4) is 0 Å². The molecule has 1 aromatic carbocycles. The van der Waals surface area contributed by atoms with Gasteiger partial charge in [0.15, 0.2) is 15.7 Å². The fourth-order valence-electron chi connectivity index (χ4n) is 1.89. The first-order valence-electron chi connectivity index (χ1n) is 5.69.